The molecule has 12 nitrogen and oxygen atoms in total. The van der Waals surface area contributed by atoms with Crippen LogP contribution in [0.25, 0.3) is 33.5 Å². The molecular formula is C27H31N9O3S. The highest BCUT2D eigenvalue weighted by atomic mass is 32.2. The van der Waals surface area contributed by atoms with Crippen molar-refractivity contribution in [2.75, 3.05) is 49.6 Å². The molecule has 208 valence electrons. The van der Waals surface area contributed by atoms with Crippen molar-refractivity contribution in [2.24, 2.45) is 0 Å². The smallest absolute Gasteiger partial charge is 0.229 e. The first kappa shape index (κ1) is 26.0. The van der Waals surface area contributed by atoms with Crippen LogP contribution in [0.2, 0.25) is 0 Å². The summed E-state index contributed by atoms with van der Waals surface area (Å²) in [5.74, 6) is 1.18. The predicted molar refractivity (Wildman–Crippen MR) is 155 cm³/mol. The Morgan fingerprint density at radius 3 is 2.73 bits per heavy atom. The van der Waals surface area contributed by atoms with Gasteiger partial charge in [0, 0.05) is 37.7 Å². The van der Waals surface area contributed by atoms with E-state index in [0.29, 0.717) is 34.3 Å². The predicted octanol–water partition coefficient (Wildman–Crippen LogP) is 3.41. The van der Waals surface area contributed by atoms with Crippen molar-refractivity contribution in [3.8, 4) is 22.7 Å². The van der Waals surface area contributed by atoms with E-state index in [2.05, 4.69) is 25.0 Å². The molecule has 0 spiro atoms. The van der Waals surface area contributed by atoms with Gasteiger partial charge < -0.3 is 15.0 Å². The molecule has 1 aliphatic heterocycles. The number of ether oxygens (including phenoxy) is 1. The zero-order valence-corrected chi connectivity index (χ0v) is 23.2. The molecule has 0 radical (unpaired) electrons. The Morgan fingerprint density at radius 1 is 1.07 bits per heavy atom. The Morgan fingerprint density at radius 2 is 1.93 bits per heavy atom. The van der Waals surface area contributed by atoms with Crippen molar-refractivity contribution in [3.63, 3.8) is 0 Å². The number of nitrogens with one attached hydrogen (secondary N) is 2. The Hall–Kier alpha value is -4.23. The number of nitrogens with zero attached hydrogens (tertiary/aromatic N) is 7. The summed E-state index contributed by atoms with van der Waals surface area (Å²) in [5.41, 5.74) is 4.08. The molecule has 0 amide bonds. The molecule has 1 aliphatic rings. The zero-order chi connectivity index (χ0) is 27.7. The Bertz CT molecular complexity index is 1780. The maximum absolute atomic E-state index is 11.8. The second kappa shape index (κ2) is 10.7. The molecule has 1 fully saturated rings. The van der Waals surface area contributed by atoms with Crippen molar-refractivity contribution in [1.82, 2.24) is 34.3 Å². The summed E-state index contributed by atoms with van der Waals surface area (Å²) in [5, 5.41) is 13.7. The summed E-state index contributed by atoms with van der Waals surface area (Å²) < 4.78 is 35.3. The van der Waals surface area contributed by atoms with E-state index in [1.807, 2.05) is 24.5 Å². The lowest BCUT2D eigenvalue weighted by molar-refractivity contribution is 0.237. The van der Waals surface area contributed by atoms with Gasteiger partial charge in [0.05, 0.1) is 47.4 Å². The molecule has 0 aliphatic carbocycles. The van der Waals surface area contributed by atoms with Crippen LogP contribution in [0.5, 0.6) is 5.75 Å². The quantitative estimate of drug-likeness (QED) is 0.278. The number of methoxy groups -OCH3 is 1. The average molecular weight is 562 g/mol. The summed E-state index contributed by atoms with van der Waals surface area (Å²) in [4.78, 5) is 11.7. The standard InChI is InChI=1S/C27H31N9O3S/c1-39-25-15-19(33-40(2,37)38)7-8-23(25)36-24-16-22(20-18-31-35-13-6-9-29-27(20)35)30-17-21(24)26(32-36)28-10-14-34-11-4-3-5-12-34/h6-9,13,15-18,33H,3-5,10-12,14H2,1-2H3,(H,28,32). The normalized spacial score (nSPS) is 14.6. The zero-order valence-electron chi connectivity index (χ0n) is 22.4. The number of sulfonamides is 1. The average Bonchev–Trinajstić information content (AvgIpc) is 3.54. The van der Waals surface area contributed by atoms with Crippen molar-refractivity contribution in [3.05, 3.63) is 55.1 Å². The fourth-order valence-electron chi connectivity index (χ4n) is 5.13. The van der Waals surface area contributed by atoms with Gasteiger partial charge in [0.1, 0.15) is 11.4 Å². The van der Waals surface area contributed by atoms with Crippen LogP contribution >= 0.6 is 0 Å². The van der Waals surface area contributed by atoms with E-state index >= 15 is 0 Å². The minimum absolute atomic E-state index is 0.402. The van der Waals surface area contributed by atoms with E-state index in [0.717, 1.165) is 48.9 Å². The molecule has 5 aromatic rings. The second-order valence-electron chi connectivity index (χ2n) is 9.88. The van der Waals surface area contributed by atoms with Crippen LogP contribution in [0.4, 0.5) is 11.5 Å². The molecule has 4 aromatic heterocycles. The van der Waals surface area contributed by atoms with Gasteiger partial charge in [-0.3, -0.25) is 9.71 Å². The van der Waals surface area contributed by atoms with Gasteiger partial charge in [0.15, 0.2) is 11.5 Å². The van der Waals surface area contributed by atoms with E-state index in [1.165, 1.54) is 19.3 Å². The topological polar surface area (TPSA) is 132 Å². The van der Waals surface area contributed by atoms with Crippen LogP contribution in [0.15, 0.2) is 55.1 Å². The second-order valence-corrected chi connectivity index (χ2v) is 11.6. The van der Waals surface area contributed by atoms with Crippen LogP contribution in [0.1, 0.15) is 19.3 Å². The first-order valence-electron chi connectivity index (χ1n) is 13.2. The van der Waals surface area contributed by atoms with Gasteiger partial charge in [0.25, 0.3) is 0 Å². The number of fused-ring (bicyclic) bond motifs is 2. The lowest BCUT2D eigenvalue weighted by Crippen LogP contribution is -2.33. The summed E-state index contributed by atoms with van der Waals surface area (Å²) in [7, 11) is -1.90. The SMILES string of the molecule is COc1cc(NS(C)(=O)=O)ccc1-n1nc(NCCN2CCCCC2)c2cnc(-c3cnn4cccnc34)cc21. The molecule has 1 saturated heterocycles. The molecule has 13 heteroatoms. The monoisotopic (exact) mass is 561 g/mol. The third-order valence-electron chi connectivity index (χ3n) is 7.00. The number of hydrogen-bond donors (Lipinski definition) is 2. The number of hydrogen-bond acceptors (Lipinski definition) is 9. The first-order chi connectivity index (χ1) is 19.4. The fraction of sp³-hybridized carbons (Fsp3) is 0.333. The molecule has 5 heterocycles. The molecule has 40 heavy (non-hydrogen) atoms. The molecule has 2 N–H and O–H groups in total. The van der Waals surface area contributed by atoms with Gasteiger partial charge in [0.2, 0.25) is 10.0 Å². The summed E-state index contributed by atoms with van der Waals surface area (Å²) in [6.45, 7) is 3.93. The lowest BCUT2D eigenvalue weighted by Gasteiger charge is -2.26. The highest BCUT2D eigenvalue weighted by Crippen LogP contribution is 2.34. The van der Waals surface area contributed by atoms with E-state index < -0.39 is 10.0 Å². The highest BCUT2D eigenvalue weighted by Gasteiger charge is 2.19. The van der Waals surface area contributed by atoms with Crippen LogP contribution < -0.4 is 14.8 Å². The number of benzene rings is 1. The van der Waals surface area contributed by atoms with Crippen molar-refractivity contribution >= 4 is 38.1 Å². The lowest BCUT2D eigenvalue weighted by atomic mass is 10.1. The van der Waals surface area contributed by atoms with E-state index in [-0.39, 0.29) is 0 Å². The number of anilines is 2. The number of rotatable bonds is 9. The molecule has 0 bridgehead atoms. The Kier molecular flexibility index (Phi) is 6.98. The number of pyridine rings is 1. The van der Waals surface area contributed by atoms with Gasteiger partial charge in [-0.2, -0.15) is 5.10 Å². The van der Waals surface area contributed by atoms with Crippen LogP contribution in [-0.4, -0.2) is 82.2 Å². The van der Waals surface area contributed by atoms with Crippen molar-refractivity contribution < 1.29 is 13.2 Å². The third-order valence-corrected chi connectivity index (χ3v) is 7.61. The van der Waals surface area contributed by atoms with Gasteiger partial charge in [-0.1, -0.05) is 6.42 Å². The van der Waals surface area contributed by atoms with Crippen LogP contribution in [0, 0.1) is 0 Å². The molecular weight excluding hydrogens is 530 g/mol. The Labute approximate surface area is 232 Å². The van der Waals surface area contributed by atoms with Crippen molar-refractivity contribution in [1.29, 1.82) is 0 Å². The van der Waals surface area contributed by atoms with E-state index in [9.17, 15) is 8.42 Å². The maximum atomic E-state index is 11.8. The Balaban J connectivity index is 1.42. The van der Waals surface area contributed by atoms with Gasteiger partial charge in [-0.25, -0.2) is 22.6 Å². The molecule has 1 aromatic carbocycles. The number of aromatic nitrogens is 6. The van der Waals surface area contributed by atoms with Crippen molar-refractivity contribution in [2.45, 2.75) is 19.3 Å². The maximum Gasteiger partial charge on any atom is 0.229 e. The minimum atomic E-state index is -3.44. The summed E-state index contributed by atoms with van der Waals surface area (Å²) in [6, 6.07) is 8.91. The molecule has 6 rings (SSSR count). The van der Waals surface area contributed by atoms with Gasteiger partial charge >= 0.3 is 0 Å². The first-order valence-corrected chi connectivity index (χ1v) is 15.1. The van der Waals surface area contributed by atoms with E-state index in [4.69, 9.17) is 14.8 Å². The van der Waals surface area contributed by atoms with E-state index in [1.54, 1.807) is 46.9 Å². The largest absolute Gasteiger partial charge is 0.494 e. The fourth-order valence-corrected chi connectivity index (χ4v) is 5.68. The highest BCUT2D eigenvalue weighted by molar-refractivity contribution is 7.92. The third kappa shape index (κ3) is 5.29. The molecule has 0 atom stereocenters. The summed E-state index contributed by atoms with van der Waals surface area (Å²) >= 11 is 0. The molecule has 0 saturated carbocycles. The molecule has 0 unspecified atom stereocenters. The number of piperidine rings is 1. The minimum Gasteiger partial charge on any atom is -0.494 e. The van der Waals surface area contributed by atoms with Crippen LogP contribution in [-0.2, 0) is 10.0 Å². The van der Waals surface area contributed by atoms with Gasteiger partial charge in [-0.05, 0) is 50.2 Å². The number of likely N-dealkylation sites (tertiary alicyclic amines) is 1. The summed E-state index contributed by atoms with van der Waals surface area (Å²) in [6.07, 6.45) is 12.0. The van der Waals surface area contributed by atoms with Crippen LogP contribution in [0.3, 0.4) is 0 Å². The van der Waals surface area contributed by atoms with Gasteiger partial charge in [-0.15, -0.1) is 5.10 Å².